The smallest absolute Gasteiger partial charge is 0.320 e. The van der Waals surface area contributed by atoms with E-state index in [1.807, 2.05) is 19.0 Å². The summed E-state index contributed by atoms with van der Waals surface area (Å²) in [6.45, 7) is 7.82. The first-order valence-corrected chi connectivity index (χ1v) is 19.8. The maximum Gasteiger partial charge on any atom is 0.320 e. The molecule has 0 aliphatic carbocycles. The molecule has 0 aromatic carbocycles. The molecule has 0 spiro atoms. The van der Waals surface area contributed by atoms with Crippen molar-refractivity contribution in [2.45, 2.75) is 188 Å². The van der Waals surface area contributed by atoms with Gasteiger partial charge in [-0.05, 0) is 91.1 Å². The number of nitrogens with zero attached hydrogens (tertiary/aromatic N) is 1. The van der Waals surface area contributed by atoms with Gasteiger partial charge in [0.25, 0.3) is 0 Å². The molecule has 0 heterocycles. The van der Waals surface area contributed by atoms with Crippen molar-refractivity contribution in [2.75, 3.05) is 27.2 Å². The molecule has 0 N–H and O–H groups in total. The minimum absolute atomic E-state index is 0.0923. The lowest BCUT2D eigenvalue weighted by molar-refractivity contribution is -0.148. The standard InChI is InChI=1S/C43H79NO2/c1-6-8-10-12-14-16-18-20-22-24-26-28-30-32-34-36-38-43(3,41-46-42(45)40-44(4)5)39-37-35-33-31-29-27-25-23-21-19-17-15-13-11-9-7-2/h14-17,20-23H,6-13,18-19,24-41H2,1-5H3/b16-14-,17-15-,22-20-,23-21-. The Labute approximate surface area is 288 Å². The maximum absolute atomic E-state index is 12.3. The molecule has 0 fully saturated rings. The highest BCUT2D eigenvalue weighted by Crippen LogP contribution is 2.32. The Hall–Kier alpha value is -1.61. The Morgan fingerprint density at radius 2 is 0.870 bits per heavy atom. The number of allylic oxidation sites excluding steroid dienone is 8. The van der Waals surface area contributed by atoms with Gasteiger partial charge in [0, 0.05) is 5.41 Å². The minimum atomic E-state index is -0.0923. The lowest BCUT2D eigenvalue weighted by atomic mass is 9.80. The van der Waals surface area contributed by atoms with Gasteiger partial charge in [-0.25, -0.2) is 0 Å². The van der Waals surface area contributed by atoms with Crippen LogP contribution in [-0.4, -0.2) is 38.1 Å². The second-order valence-electron chi connectivity index (χ2n) is 14.4. The van der Waals surface area contributed by atoms with Gasteiger partial charge in [-0.15, -0.1) is 0 Å². The molecule has 0 amide bonds. The summed E-state index contributed by atoms with van der Waals surface area (Å²) < 4.78 is 5.77. The zero-order valence-electron chi connectivity index (χ0n) is 31.7. The number of carbonyl (C=O) groups is 1. The predicted molar refractivity (Wildman–Crippen MR) is 206 cm³/mol. The first kappa shape index (κ1) is 44.4. The Balaban J connectivity index is 4.10. The van der Waals surface area contributed by atoms with Crippen molar-refractivity contribution < 1.29 is 9.53 Å². The van der Waals surface area contributed by atoms with E-state index in [-0.39, 0.29) is 11.4 Å². The molecule has 0 bridgehead atoms. The largest absolute Gasteiger partial charge is 0.464 e. The summed E-state index contributed by atoms with van der Waals surface area (Å²) in [5.74, 6) is -0.0923. The lowest BCUT2D eigenvalue weighted by Crippen LogP contribution is -2.30. The molecule has 0 unspecified atom stereocenters. The molecule has 268 valence electrons. The summed E-state index contributed by atoms with van der Waals surface area (Å²) in [5, 5.41) is 0. The molecule has 0 aromatic rings. The third-order valence-electron chi connectivity index (χ3n) is 8.99. The molecule has 0 aliphatic heterocycles. The van der Waals surface area contributed by atoms with E-state index < -0.39 is 0 Å². The van der Waals surface area contributed by atoms with Gasteiger partial charge < -0.3 is 4.74 Å². The molecule has 0 aromatic heterocycles. The van der Waals surface area contributed by atoms with Crippen LogP contribution in [-0.2, 0) is 9.53 Å². The van der Waals surface area contributed by atoms with Gasteiger partial charge in [-0.2, -0.15) is 0 Å². The summed E-state index contributed by atoms with van der Waals surface area (Å²) in [5.41, 5.74) is 0.104. The molecule has 3 nitrogen and oxygen atoms in total. The Morgan fingerprint density at radius 3 is 1.24 bits per heavy atom. The van der Waals surface area contributed by atoms with Crippen LogP contribution in [0.5, 0.6) is 0 Å². The fourth-order valence-corrected chi connectivity index (χ4v) is 5.91. The fourth-order valence-electron chi connectivity index (χ4n) is 5.91. The molecule has 46 heavy (non-hydrogen) atoms. The summed E-state index contributed by atoms with van der Waals surface area (Å²) in [6.07, 6.45) is 51.8. The van der Waals surface area contributed by atoms with Crippen LogP contribution in [0.1, 0.15) is 188 Å². The van der Waals surface area contributed by atoms with Gasteiger partial charge in [0.05, 0.1) is 13.2 Å². The van der Waals surface area contributed by atoms with E-state index in [1.54, 1.807) is 0 Å². The molecule has 0 radical (unpaired) electrons. The number of unbranched alkanes of at least 4 members (excludes halogenated alkanes) is 18. The van der Waals surface area contributed by atoms with Crippen LogP contribution in [0, 0.1) is 5.41 Å². The molecular formula is C43H79NO2. The number of hydrogen-bond donors (Lipinski definition) is 0. The van der Waals surface area contributed by atoms with Crippen molar-refractivity contribution in [1.29, 1.82) is 0 Å². The highest BCUT2D eigenvalue weighted by molar-refractivity contribution is 5.71. The van der Waals surface area contributed by atoms with Gasteiger partial charge in [0.2, 0.25) is 0 Å². The number of ether oxygens (including phenoxy) is 1. The molecular weight excluding hydrogens is 562 g/mol. The number of rotatable bonds is 34. The van der Waals surface area contributed by atoms with Crippen LogP contribution >= 0.6 is 0 Å². The average molecular weight is 642 g/mol. The molecule has 0 saturated heterocycles. The first-order chi connectivity index (χ1) is 22.4. The highest BCUT2D eigenvalue weighted by Gasteiger charge is 2.25. The van der Waals surface area contributed by atoms with Crippen LogP contribution in [0.3, 0.4) is 0 Å². The van der Waals surface area contributed by atoms with Crippen molar-refractivity contribution in [3.8, 4) is 0 Å². The number of carbonyl (C=O) groups excluding carboxylic acids is 1. The van der Waals surface area contributed by atoms with E-state index in [2.05, 4.69) is 69.4 Å². The van der Waals surface area contributed by atoms with E-state index in [4.69, 9.17) is 4.74 Å². The lowest BCUT2D eigenvalue weighted by Gasteiger charge is -2.29. The number of esters is 1. The minimum Gasteiger partial charge on any atom is -0.464 e. The molecule has 0 rings (SSSR count). The summed E-state index contributed by atoms with van der Waals surface area (Å²) in [4.78, 5) is 14.2. The zero-order chi connectivity index (χ0) is 33.8. The number of hydrogen-bond acceptors (Lipinski definition) is 3. The molecule has 0 atom stereocenters. The third kappa shape index (κ3) is 33.7. The molecule has 0 aliphatic rings. The quantitative estimate of drug-likeness (QED) is 0.0398. The number of likely N-dealkylation sites (N-methyl/N-ethyl adjacent to an activating group) is 1. The van der Waals surface area contributed by atoms with Gasteiger partial charge in [0.15, 0.2) is 0 Å². The van der Waals surface area contributed by atoms with E-state index in [0.717, 1.165) is 25.7 Å². The van der Waals surface area contributed by atoms with Gasteiger partial charge in [-0.1, -0.05) is 159 Å². The first-order valence-electron chi connectivity index (χ1n) is 19.8. The summed E-state index contributed by atoms with van der Waals surface area (Å²) >= 11 is 0. The topological polar surface area (TPSA) is 29.5 Å². The van der Waals surface area contributed by atoms with Crippen molar-refractivity contribution in [2.24, 2.45) is 5.41 Å². The van der Waals surface area contributed by atoms with Gasteiger partial charge in [-0.3, -0.25) is 9.69 Å². The fraction of sp³-hybridized carbons (Fsp3) is 0.791. The molecule has 3 heteroatoms. The van der Waals surface area contributed by atoms with Crippen molar-refractivity contribution in [3.05, 3.63) is 48.6 Å². The van der Waals surface area contributed by atoms with Gasteiger partial charge >= 0.3 is 5.97 Å². The van der Waals surface area contributed by atoms with E-state index in [1.165, 1.54) is 141 Å². The second kappa shape index (κ2) is 34.7. The average Bonchev–Trinajstić information content (AvgIpc) is 3.03. The van der Waals surface area contributed by atoms with Crippen LogP contribution < -0.4 is 0 Å². The van der Waals surface area contributed by atoms with Crippen LogP contribution in [0.15, 0.2) is 48.6 Å². The van der Waals surface area contributed by atoms with E-state index >= 15 is 0 Å². The third-order valence-corrected chi connectivity index (χ3v) is 8.99. The monoisotopic (exact) mass is 642 g/mol. The predicted octanol–water partition coefficient (Wildman–Crippen LogP) is 13.5. The van der Waals surface area contributed by atoms with Crippen LogP contribution in [0.25, 0.3) is 0 Å². The SMILES string of the molecule is CCCCC/C=C\C/C=C\CCCCCCCCC(C)(CCCCCCCC/C=C\C/C=C\CCCCC)COC(=O)CN(C)C. The van der Waals surface area contributed by atoms with Crippen molar-refractivity contribution in [1.82, 2.24) is 4.90 Å². The van der Waals surface area contributed by atoms with Crippen molar-refractivity contribution >= 4 is 5.97 Å². The van der Waals surface area contributed by atoms with Crippen LogP contribution in [0.4, 0.5) is 0 Å². The molecule has 0 saturated carbocycles. The van der Waals surface area contributed by atoms with E-state index in [0.29, 0.717) is 13.2 Å². The zero-order valence-corrected chi connectivity index (χ0v) is 31.7. The maximum atomic E-state index is 12.3. The Bertz CT molecular complexity index is 715. The van der Waals surface area contributed by atoms with Crippen molar-refractivity contribution in [3.63, 3.8) is 0 Å². The van der Waals surface area contributed by atoms with E-state index in [9.17, 15) is 4.79 Å². The second-order valence-corrected chi connectivity index (χ2v) is 14.4. The van der Waals surface area contributed by atoms with Gasteiger partial charge in [0.1, 0.15) is 0 Å². The normalized spacial score (nSPS) is 12.7. The Kier molecular flexibility index (Phi) is 33.5. The van der Waals surface area contributed by atoms with Crippen LogP contribution in [0.2, 0.25) is 0 Å². The highest BCUT2D eigenvalue weighted by atomic mass is 16.5. The summed E-state index contributed by atoms with van der Waals surface area (Å²) in [7, 11) is 3.85. The Morgan fingerprint density at radius 1 is 0.522 bits per heavy atom. The summed E-state index contributed by atoms with van der Waals surface area (Å²) in [6, 6.07) is 0.